The Hall–Kier alpha value is -0.680. The molecule has 0 aliphatic heterocycles. The minimum atomic E-state index is -0.120. The van der Waals surface area contributed by atoms with Crippen LogP contribution in [0.25, 0.3) is 0 Å². The van der Waals surface area contributed by atoms with Crippen LogP contribution in [-0.4, -0.2) is 22.1 Å². The molecule has 90 valence electrons. The quantitative estimate of drug-likeness (QED) is 0.846. The second kappa shape index (κ2) is 5.59. The van der Waals surface area contributed by atoms with Gasteiger partial charge in [0.15, 0.2) is 5.78 Å². The van der Waals surface area contributed by atoms with Crippen LogP contribution in [0.5, 0.6) is 0 Å². The highest BCUT2D eigenvalue weighted by molar-refractivity contribution is 9.10. The zero-order chi connectivity index (χ0) is 12.3. The molecule has 0 radical (unpaired) electrons. The second-order valence-corrected chi connectivity index (χ2v) is 4.94. The van der Waals surface area contributed by atoms with E-state index in [2.05, 4.69) is 21.0 Å². The number of Topliss-reactive ketones (excluding diaryl/α,β-unsaturated/α-hetero) is 1. The lowest BCUT2D eigenvalue weighted by atomic mass is 9.99. The number of nitrogens with zero attached hydrogens (tertiary/aromatic N) is 2. The van der Waals surface area contributed by atoms with Crippen molar-refractivity contribution in [3.8, 4) is 0 Å². The molecule has 1 rings (SSSR count). The van der Waals surface area contributed by atoms with Gasteiger partial charge in [0.2, 0.25) is 0 Å². The molecule has 0 bridgehead atoms. The first-order valence-corrected chi connectivity index (χ1v) is 6.29. The minimum Gasteiger partial charge on any atom is -0.330 e. The topological polar surface area (TPSA) is 60.9 Å². The molecule has 1 unspecified atom stereocenters. The van der Waals surface area contributed by atoms with Crippen molar-refractivity contribution in [2.24, 2.45) is 11.7 Å². The molecule has 1 aromatic rings. The second-order valence-electron chi connectivity index (χ2n) is 4.08. The molecule has 0 aliphatic carbocycles. The zero-order valence-corrected chi connectivity index (χ0v) is 11.5. The predicted molar refractivity (Wildman–Crippen MR) is 67.5 cm³/mol. The van der Waals surface area contributed by atoms with Crippen LogP contribution < -0.4 is 5.73 Å². The zero-order valence-electron chi connectivity index (χ0n) is 9.90. The monoisotopic (exact) mass is 287 g/mol. The highest BCUT2D eigenvalue weighted by Gasteiger charge is 2.24. The Bertz CT molecular complexity index is 369. The molecule has 0 fully saturated rings. The molecule has 16 heavy (non-hydrogen) atoms. The highest BCUT2D eigenvalue weighted by Crippen LogP contribution is 2.23. The van der Waals surface area contributed by atoms with Crippen molar-refractivity contribution in [3.63, 3.8) is 0 Å². The van der Waals surface area contributed by atoms with E-state index >= 15 is 0 Å². The minimum absolute atomic E-state index is 0.0723. The average Bonchev–Trinajstić information content (AvgIpc) is 2.61. The summed E-state index contributed by atoms with van der Waals surface area (Å²) >= 11 is 3.37. The summed E-state index contributed by atoms with van der Waals surface area (Å²) in [6, 6.07) is 0.167. The molecule has 0 saturated carbocycles. The first kappa shape index (κ1) is 13.4. The number of aromatic nitrogens is 2. The maximum Gasteiger partial charge on any atom is 0.186 e. The third-order valence-corrected chi connectivity index (χ3v) is 3.20. The van der Waals surface area contributed by atoms with Gasteiger partial charge in [-0.15, -0.1) is 0 Å². The first-order chi connectivity index (χ1) is 7.52. The molecule has 0 saturated heterocycles. The maximum atomic E-state index is 12.2. The molecule has 2 N–H and O–H groups in total. The van der Waals surface area contributed by atoms with Gasteiger partial charge in [-0.3, -0.25) is 9.48 Å². The lowest BCUT2D eigenvalue weighted by Crippen LogP contribution is -2.26. The first-order valence-electron chi connectivity index (χ1n) is 5.50. The number of hydrogen-bond donors (Lipinski definition) is 1. The molecule has 5 heteroatoms. The Morgan fingerprint density at radius 1 is 1.62 bits per heavy atom. The fraction of sp³-hybridized carbons (Fsp3) is 0.636. The molecular formula is C11H18BrN3O. The molecule has 1 aromatic heterocycles. The summed E-state index contributed by atoms with van der Waals surface area (Å²) in [7, 11) is 0. The smallest absolute Gasteiger partial charge is 0.186 e. The summed E-state index contributed by atoms with van der Waals surface area (Å²) in [6.45, 7) is 6.35. The predicted octanol–water partition coefficient (Wildman–Crippen LogP) is 2.39. The third-order valence-electron chi connectivity index (χ3n) is 2.62. The van der Waals surface area contributed by atoms with Crippen LogP contribution >= 0.6 is 15.9 Å². The number of ketones is 1. The van der Waals surface area contributed by atoms with Gasteiger partial charge < -0.3 is 5.73 Å². The van der Waals surface area contributed by atoms with E-state index in [0.29, 0.717) is 12.2 Å². The van der Waals surface area contributed by atoms with Crippen LogP contribution in [0.2, 0.25) is 0 Å². The summed E-state index contributed by atoms with van der Waals surface area (Å²) in [5.74, 6) is -0.0476. The molecule has 0 aromatic carbocycles. The number of halogens is 1. The average molecular weight is 288 g/mol. The van der Waals surface area contributed by atoms with Crippen LogP contribution in [0.4, 0.5) is 0 Å². The lowest BCUT2D eigenvalue weighted by Gasteiger charge is -2.15. The van der Waals surface area contributed by atoms with E-state index in [0.717, 1.165) is 10.9 Å². The van der Waals surface area contributed by atoms with Gasteiger partial charge in [0.25, 0.3) is 0 Å². The summed E-state index contributed by atoms with van der Waals surface area (Å²) in [6.07, 6.45) is 2.42. The Kier molecular flexibility index (Phi) is 4.68. The molecule has 0 aliphatic rings. The van der Waals surface area contributed by atoms with Gasteiger partial charge in [-0.25, -0.2) is 0 Å². The van der Waals surface area contributed by atoms with Gasteiger partial charge in [-0.05, 0) is 36.2 Å². The fourth-order valence-electron chi connectivity index (χ4n) is 1.62. The molecule has 1 atom stereocenters. The van der Waals surface area contributed by atoms with Crippen molar-refractivity contribution in [2.75, 3.05) is 6.54 Å². The Balaban J connectivity index is 3.11. The van der Waals surface area contributed by atoms with Gasteiger partial charge in [0.1, 0.15) is 5.69 Å². The van der Waals surface area contributed by atoms with Gasteiger partial charge >= 0.3 is 0 Å². The summed E-state index contributed by atoms with van der Waals surface area (Å²) in [5.41, 5.74) is 6.23. The van der Waals surface area contributed by atoms with E-state index in [-0.39, 0.29) is 17.7 Å². The van der Waals surface area contributed by atoms with Crippen molar-refractivity contribution >= 4 is 21.7 Å². The molecular weight excluding hydrogens is 270 g/mol. The van der Waals surface area contributed by atoms with E-state index in [9.17, 15) is 4.79 Å². The van der Waals surface area contributed by atoms with Crippen LogP contribution in [0.15, 0.2) is 10.7 Å². The van der Waals surface area contributed by atoms with Crippen molar-refractivity contribution in [2.45, 2.75) is 33.2 Å². The van der Waals surface area contributed by atoms with Crippen LogP contribution in [-0.2, 0) is 0 Å². The van der Waals surface area contributed by atoms with Gasteiger partial charge in [-0.2, -0.15) is 5.10 Å². The van der Waals surface area contributed by atoms with E-state index < -0.39 is 0 Å². The lowest BCUT2D eigenvalue weighted by molar-refractivity contribution is 0.0907. The van der Waals surface area contributed by atoms with Gasteiger partial charge in [0.05, 0.1) is 10.7 Å². The fourth-order valence-corrected chi connectivity index (χ4v) is 2.08. The van der Waals surface area contributed by atoms with Crippen molar-refractivity contribution in [3.05, 3.63) is 16.4 Å². The molecule has 1 heterocycles. The number of nitrogens with two attached hydrogens (primary N) is 1. The van der Waals surface area contributed by atoms with Crippen molar-refractivity contribution in [1.29, 1.82) is 0 Å². The highest BCUT2D eigenvalue weighted by atomic mass is 79.9. The number of rotatable bonds is 5. The van der Waals surface area contributed by atoms with Gasteiger partial charge in [0, 0.05) is 18.5 Å². The molecule has 4 nitrogen and oxygen atoms in total. The third kappa shape index (κ3) is 2.52. The van der Waals surface area contributed by atoms with Crippen LogP contribution in [0, 0.1) is 5.92 Å². The van der Waals surface area contributed by atoms with Crippen LogP contribution in [0.3, 0.4) is 0 Å². The molecule has 0 amide bonds. The Labute approximate surface area is 104 Å². The Morgan fingerprint density at radius 2 is 2.25 bits per heavy atom. The summed E-state index contributed by atoms with van der Waals surface area (Å²) in [5, 5.41) is 4.20. The van der Waals surface area contributed by atoms with E-state index in [4.69, 9.17) is 5.73 Å². The normalized spacial score (nSPS) is 13.1. The largest absolute Gasteiger partial charge is 0.330 e. The van der Waals surface area contributed by atoms with E-state index in [1.807, 2.05) is 20.8 Å². The Morgan fingerprint density at radius 3 is 2.69 bits per heavy atom. The van der Waals surface area contributed by atoms with Crippen LogP contribution in [0.1, 0.15) is 43.7 Å². The SMILES string of the molecule is CCC(CN)C(=O)c1c(Br)cnn1C(C)C. The standard InChI is InChI=1S/C11H18BrN3O/c1-4-8(5-13)11(16)10-9(12)6-14-15(10)7(2)3/h6-8H,4-5,13H2,1-3H3. The van der Waals surface area contributed by atoms with Crippen molar-refractivity contribution < 1.29 is 4.79 Å². The number of hydrogen-bond acceptors (Lipinski definition) is 3. The van der Waals surface area contributed by atoms with E-state index in [1.54, 1.807) is 10.9 Å². The van der Waals surface area contributed by atoms with Crippen molar-refractivity contribution in [1.82, 2.24) is 9.78 Å². The maximum absolute atomic E-state index is 12.2. The van der Waals surface area contributed by atoms with Gasteiger partial charge in [-0.1, -0.05) is 6.92 Å². The summed E-state index contributed by atoms with van der Waals surface area (Å²) in [4.78, 5) is 12.2. The van der Waals surface area contributed by atoms with E-state index in [1.165, 1.54) is 0 Å². The summed E-state index contributed by atoms with van der Waals surface area (Å²) < 4.78 is 2.49. The molecule has 0 spiro atoms. The number of carbonyl (C=O) groups is 1. The number of carbonyl (C=O) groups excluding carboxylic acids is 1.